The fourth-order valence-electron chi connectivity index (χ4n) is 1.48. The molecule has 17 heavy (non-hydrogen) atoms. The van der Waals surface area contributed by atoms with Crippen molar-refractivity contribution < 1.29 is 5.11 Å². The Morgan fingerprint density at radius 3 is 2.65 bits per heavy atom. The van der Waals surface area contributed by atoms with Crippen molar-refractivity contribution >= 4 is 11.8 Å². The van der Waals surface area contributed by atoms with Crippen LogP contribution in [0.1, 0.15) is 39.0 Å². The second kappa shape index (κ2) is 9.15. The van der Waals surface area contributed by atoms with E-state index in [9.17, 15) is 5.11 Å². The number of benzene rings is 1. The van der Waals surface area contributed by atoms with Gasteiger partial charge in [-0.15, -0.1) is 0 Å². The zero-order chi connectivity index (χ0) is 12.3. The van der Waals surface area contributed by atoms with Gasteiger partial charge in [0.25, 0.3) is 0 Å². The Hall–Kier alpha value is -0.910. The Balaban J connectivity index is 2.20. The summed E-state index contributed by atoms with van der Waals surface area (Å²) in [6.07, 6.45) is 5.07. The van der Waals surface area contributed by atoms with Crippen molar-refractivity contribution in [1.29, 1.82) is 0 Å². The van der Waals surface area contributed by atoms with Gasteiger partial charge in [-0.3, -0.25) is 0 Å². The first kappa shape index (κ1) is 14.2. The van der Waals surface area contributed by atoms with Crippen molar-refractivity contribution in [3.05, 3.63) is 30.3 Å². The number of thioether (sulfide) groups is 1. The highest BCUT2D eigenvalue weighted by atomic mass is 32.2. The SMILES string of the molecule is CCCCCCC(O)C#CSc1ccccc1. The fraction of sp³-hybridized carbons (Fsp3) is 0.467. The zero-order valence-corrected chi connectivity index (χ0v) is 11.2. The average molecular weight is 248 g/mol. The van der Waals surface area contributed by atoms with Crippen LogP contribution in [0.15, 0.2) is 35.2 Å². The highest BCUT2D eigenvalue weighted by Gasteiger charge is 1.98. The summed E-state index contributed by atoms with van der Waals surface area (Å²) in [4.78, 5) is 1.12. The summed E-state index contributed by atoms with van der Waals surface area (Å²) in [5, 5.41) is 12.6. The standard InChI is InChI=1S/C15H20OS/c1-2-3-4-6-9-14(16)12-13-17-15-10-7-5-8-11-15/h5,7-8,10-11,14,16H,2-4,6,9H2,1H3. The molecule has 0 fully saturated rings. The van der Waals surface area contributed by atoms with Crippen molar-refractivity contribution in [3.63, 3.8) is 0 Å². The van der Waals surface area contributed by atoms with E-state index >= 15 is 0 Å². The number of rotatable bonds is 6. The highest BCUT2D eigenvalue weighted by Crippen LogP contribution is 2.15. The molecule has 0 bridgehead atoms. The van der Waals surface area contributed by atoms with Gasteiger partial charge in [0.2, 0.25) is 0 Å². The molecule has 0 amide bonds. The van der Waals surface area contributed by atoms with Gasteiger partial charge in [0.05, 0.1) is 0 Å². The molecule has 0 spiro atoms. The van der Waals surface area contributed by atoms with Crippen LogP contribution in [-0.4, -0.2) is 11.2 Å². The van der Waals surface area contributed by atoms with Crippen molar-refractivity contribution in [2.45, 2.75) is 50.0 Å². The summed E-state index contributed by atoms with van der Waals surface area (Å²) in [7, 11) is 0. The monoisotopic (exact) mass is 248 g/mol. The lowest BCUT2D eigenvalue weighted by atomic mass is 10.1. The molecule has 0 saturated heterocycles. The summed E-state index contributed by atoms with van der Waals surface area (Å²) >= 11 is 1.47. The molecule has 1 unspecified atom stereocenters. The molecule has 0 aromatic heterocycles. The molecule has 2 heteroatoms. The van der Waals surface area contributed by atoms with Crippen LogP contribution < -0.4 is 0 Å². The van der Waals surface area contributed by atoms with Gasteiger partial charge in [-0.2, -0.15) is 0 Å². The lowest BCUT2D eigenvalue weighted by Gasteiger charge is -2.01. The molecule has 1 rings (SSSR count). The van der Waals surface area contributed by atoms with Crippen LogP contribution in [0.4, 0.5) is 0 Å². The van der Waals surface area contributed by atoms with Gasteiger partial charge in [-0.1, -0.05) is 50.3 Å². The van der Waals surface area contributed by atoms with Gasteiger partial charge in [-0.25, -0.2) is 0 Å². The van der Waals surface area contributed by atoms with Crippen molar-refractivity contribution in [2.24, 2.45) is 0 Å². The maximum absolute atomic E-state index is 9.64. The van der Waals surface area contributed by atoms with Gasteiger partial charge in [0.15, 0.2) is 0 Å². The fourth-order valence-corrected chi connectivity index (χ4v) is 2.09. The largest absolute Gasteiger partial charge is 0.380 e. The van der Waals surface area contributed by atoms with Gasteiger partial charge in [-0.05, 0) is 42.0 Å². The van der Waals surface area contributed by atoms with Crippen LogP contribution in [0.2, 0.25) is 0 Å². The predicted molar refractivity (Wildman–Crippen MR) is 74.8 cm³/mol. The molecular formula is C15H20OS. The first-order chi connectivity index (χ1) is 8.33. The lowest BCUT2D eigenvalue weighted by molar-refractivity contribution is 0.217. The molecule has 1 atom stereocenters. The van der Waals surface area contributed by atoms with Crippen molar-refractivity contribution in [3.8, 4) is 11.2 Å². The minimum Gasteiger partial charge on any atom is -0.380 e. The van der Waals surface area contributed by atoms with Gasteiger partial charge < -0.3 is 5.11 Å². The van der Waals surface area contributed by atoms with Crippen LogP contribution in [-0.2, 0) is 0 Å². The molecule has 0 radical (unpaired) electrons. The van der Waals surface area contributed by atoms with E-state index in [1.54, 1.807) is 0 Å². The van der Waals surface area contributed by atoms with E-state index in [4.69, 9.17) is 0 Å². The molecule has 1 N–H and O–H groups in total. The molecule has 0 saturated carbocycles. The summed E-state index contributed by atoms with van der Waals surface area (Å²) in [5.41, 5.74) is 0. The molecule has 0 aliphatic rings. The summed E-state index contributed by atoms with van der Waals surface area (Å²) in [6.45, 7) is 2.19. The maximum atomic E-state index is 9.64. The second-order valence-electron chi connectivity index (χ2n) is 4.03. The summed E-state index contributed by atoms with van der Waals surface area (Å²) < 4.78 is 0. The first-order valence-electron chi connectivity index (χ1n) is 6.23. The Bertz CT molecular complexity index is 350. The van der Waals surface area contributed by atoms with E-state index in [0.717, 1.165) is 17.7 Å². The van der Waals surface area contributed by atoms with Crippen molar-refractivity contribution in [2.75, 3.05) is 0 Å². The summed E-state index contributed by atoms with van der Waals surface area (Å²) in [6, 6.07) is 10.0. The number of aliphatic hydroxyl groups excluding tert-OH is 1. The molecule has 1 aromatic rings. The molecule has 1 nitrogen and oxygen atoms in total. The van der Waals surface area contributed by atoms with E-state index in [1.807, 2.05) is 30.3 Å². The highest BCUT2D eigenvalue weighted by molar-refractivity contribution is 8.03. The van der Waals surface area contributed by atoms with Crippen LogP contribution in [0, 0.1) is 11.2 Å². The molecular weight excluding hydrogens is 228 g/mol. The Morgan fingerprint density at radius 1 is 1.18 bits per heavy atom. The van der Waals surface area contributed by atoms with Gasteiger partial charge in [0.1, 0.15) is 6.10 Å². The van der Waals surface area contributed by atoms with Crippen LogP contribution >= 0.6 is 11.8 Å². The normalized spacial score (nSPS) is 11.6. The molecule has 0 heterocycles. The predicted octanol–water partition coefficient (Wildman–Crippen LogP) is 4.07. The first-order valence-corrected chi connectivity index (χ1v) is 7.05. The van der Waals surface area contributed by atoms with Gasteiger partial charge in [0, 0.05) is 4.90 Å². The van der Waals surface area contributed by atoms with Crippen LogP contribution in [0.5, 0.6) is 0 Å². The molecule has 0 aliphatic heterocycles. The Kier molecular flexibility index (Phi) is 7.62. The van der Waals surface area contributed by atoms with E-state index in [-0.39, 0.29) is 0 Å². The summed E-state index contributed by atoms with van der Waals surface area (Å²) in [5.74, 6) is 2.88. The molecule has 0 aliphatic carbocycles. The zero-order valence-electron chi connectivity index (χ0n) is 10.4. The molecule has 1 aromatic carbocycles. The topological polar surface area (TPSA) is 20.2 Å². The Labute approximate surface area is 109 Å². The number of hydrogen-bond donors (Lipinski definition) is 1. The maximum Gasteiger partial charge on any atom is 0.115 e. The third-order valence-corrected chi connectivity index (χ3v) is 3.20. The second-order valence-corrected chi connectivity index (χ2v) is 4.91. The van der Waals surface area contributed by atoms with Crippen molar-refractivity contribution in [1.82, 2.24) is 0 Å². The minimum absolute atomic E-state index is 0.469. The lowest BCUT2D eigenvalue weighted by Crippen LogP contribution is -2.01. The smallest absolute Gasteiger partial charge is 0.115 e. The number of aliphatic hydroxyl groups is 1. The van der Waals surface area contributed by atoms with E-state index in [0.29, 0.717) is 0 Å². The Morgan fingerprint density at radius 2 is 1.94 bits per heavy atom. The third-order valence-electron chi connectivity index (χ3n) is 2.47. The van der Waals surface area contributed by atoms with E-state index in [1.165, 1.54) is 31.0 Å². The number of hydrogen-bond acceptors (Lipinski definition) is 2. The average Bonchev–Trinajstić information content (AvgIpc) is 2.36. The van der Waals surface area contributed by atoms with E-state index < -0.39 is 6.10 Å². The quantitative estimate of drug-likeness (QED) is 0.465. The minimum atomic E-state index is -0.469. The number of unbranched alkanes of at least 4 members (excludes halogenated alkanes) is 3. The molecule has 92 valence electrons. The van der Waals surface area contributed by atoms with Crippen LogP contribution in [0.25, 0.3) is 0 Å². The third kappa shape index (κ3) is 7.10. The van der Waals surface area contributed by atoms with E-state index in [2.05, 4.69) is 18.1 Å². The van der Waals surface area contributed by atoms with Crippen LogP contribution in [0.3, 0.4) is 0 Å². The van der Waals surface area contributed by atoms with Gasteiger partial charge >= 0.3 is 0 Å².